The van der Waals surface area contributed by atoms with Crippen molar-refractivity contribution in [2.24, 2.45) is 5.10 Å². The van der Waals surface area contributed by atoms with Crippen molar-refractivity contribution in [3.63, 3.8) is 0 Å². The molecular formula is C19H16ClF3N4O2. The van der Waals surface area contributed by atoms with Gasteiger partial charge in [-0.25, -0.2) is 10.1 Å². The molecule has 0 aliphatic carbocycles. The second-order valence-corrected chi connectivity index (χ2v) is 6.63. The maximum absolute atomic E-state index is 12.9. The molecule has 0 spiro atoms. The van der Waals surface area contributed by atoms with E-state index in [4.69, 9.17) is 16.0 Å². The number of aryl methyl sites for hydroxylation is 3. The number of furan rings is 1. The van der Waals surface area contributed by atoms with Crippen LogP contribution in [0.15, 0.2) is 39.9 Å². The average molecular weight is 425 g/mol. The molecule has 3 rings (SSSR count). The lowest BCUT2D eigenvalue weighted by Gasteiger charge is -2.09. The van der Waals surface area contributed by atoms with Crippen molar-refractivity contribution in [1.82, 2.24) is 15.2 Å². The molecule has 0 bridgehead atoms. The lowest BCUT2D eigenvalue weighted by molar-refractivity contribution is -0.137. The van der Waals surface area contributed by atoms with Gasteiger partial charge in [0.1, 0.15) is 16.7 Å². The van der Waals surface area contributed by atoms with Gasteiger partial charge in [0.15, 0.2) is 0 Å². The SMILES string of the molecule is Cc1cc(C(=O)N/N=C/c2c(C)nn(-c3cccc(C(F)(F)F)c3)c2Cl)c(C)o1. The summed E-state index contributed by atoms with van der Waals surface area (Å²) in [6.45, 7) is 5.01. The summed E-state index contributed by atoms with van der Waals surface area (Å²) in [4.78, 5) is 12.2. The molecule has 2 aromatic heterocycles. The maximum atomic E-state index is 12.9. The zero-order valence-corrected chi connectivity index (χ0v) is 16.4. The van der Waals surface area contributed by atoms with E-state index in [0.717, 1.165) is 12.1 Å². The number of carbonyl (C=O) groups is 1. The number of hydrogen-bond donors (Lipinski definition) is 1. The van der Waals surface area contributed by atoms with Crippen LogP contribution in [0.3, 0.4) is 0 Å². The second-order valence-electron chi connectivity index (χ2n) is 6.28. The number of hydrogen-bond acceptors (Lipinski definition) is 4. The van der Waals surface area contributed by atoms with E-state index in [1.165, 1.54) is 23.0 Å². The van der Waals surface area contributed by atoms with E-state index in [-0.39, 0.29) is 10.8 Å². The van der Waals surface area contributed by atoms with Crippen LogP contribution in [0.1, 0.15) is 38.7 Å². The maximum Gasteiger partial charge on any atom is 0.416 e. The quantitative estimate of drug-likeness (QED) is 0.481. The van der Waals surface area contributed by atoms with Gasteiger partial charge in [0.05, 0.1) is 34.3 Å². The van der Waals surface area contributed by atoms with Gasteiger partial charge in [0.25, 0.3) is 5.91 Å². The van der Waals surface area contributed by atoms with Crippen LogP contribution in [0.4, 0.5) is 13.2 Å². The molecule has 0 fully saturated rings. The monoisotopic (exact) mass is 424 g/mol. The number of nitrogens with zero attached hydrogens (tertiary/aromatic N) is 3. The van der Waals surface area contributed by atoms with Crippen LogP contribution in [0, 0.1) is 20.8 Å². The predicted molar refractivity (Wildman–Crippen MR) is 102 cm³/mol. The Morgan fingerprint density at radius 2 is 2.00 bits per heavy atom. The summed E-state index contributed by atoms with van der Waals surface area (Å²) in [5, 5.41) is 8.11. The third-order valence-corrected chi connectivity index (χ3v) is 4.48. The van der Waals surface area contributed by atoms with Gasteiger partial charge in [-0.1, -0.05) is 17.7 Å². The fourth-order valence-electron chi connectivity index (χ4n) is 2.71. The Bertz CT molecular complexity index is 1100. The van der Waals surface area contributed by atoms with Crippen molar-refractivity contribution in [3.8, 4) is 5.69 Å². The lowest BCUT2D eigenvalue weighted by Crippen LogP contribution is -2.17. The molecule has 0 aliphatic heterocycles. The summed E-state index contributed by atoms with van der Waals surface area (Å²) in [5.74, 6) is 0.592. The van der Waals surface area contributed by atoms with Crippen LogP contribution < -0.4 is 5.43 Å². The van der Waals surface area contributed by atoms with Crippen molar-refractivity contribution in [1.29, 1.82) is 0 Å². The third kappa shape index (κ3) is 4.34. The first-order valence-electron chi connectivity index (χ1n) is 8.41. The molecule has 0 saturated carbocycles. The van der Waals surface area contributed by atoms with Crippen LogP contribution in [-0.4, -0.2) is 21.9 Å². The summed E-state index contributed by atoms with van der Waals surface area (Å²) in [6.07, 6.45) is -3.20. The molecule has 29 heavy (non-hydrogen) atoms. The molecular weight excluding hydrogens is 409 g/mol. The van der Waals surface area contributed by atoms with Crippen molar-refractivity contribution < 1.29 is 22.4 Å². The summed E-state index contributed by atoms with van der Waals surface area (Å²) >= 11 is 6.29. The number of nitrogens with one attached hydrogen (secondary N) is 1. The average Bonchev–Trinajstić information content (AvgIpc) is 3.13. The van der Waals surface area contributed by atoms with E-state index in [1.54, 1.807) is 26.8 Å². The molecule has 1 amide bonds. The van der Waals surface area contributed by atoms with Gasteiger partial charge in [-0.3, -0.25) is 4.79 Å². The molecule has 0 radical (unpaired) electrons. The first kappa shape index (κ1) is 20.7. The number of alkyl halides is 3. The molecule has 0 atom stereocenters. The fraction of sp³-hybridized carbons (Fsp3) is 0.211. The lowest BCUT2D eigenvalue weighted by atomic mass is 10.2. The Morgan fingerprint density at radius 3 is 2.62 bits per heavy atom. The van der Waals surface area contributed by atoms with Gasteiger partial charge < -0.3 is 4.42 Å². The van der Waals surface area contributed by atoms with Crippen molar-refractivity contribution in [2.45, 2.75) is 26.9 Å². The van der Waals surface area contributed by atoms with Gasteiger partial charge in [0.2, 0.25) is 0 Å². The molecule has 1 aromatic carbocycles. The largest absolute Gasteiger partial charge is 0.466 e. The standard InChI is InChI=1S/C19H16ClF3N4O2/c1-10-7-15(12(3)29-10)18(28)25-24-9-16-11(2)26-27(17(16)20)14-6-4-5-13(8-14)19(21,22)23/h4-9H,1-3H3,(H,25,28)/b24-9+. The van der Waals surface area contributed by atoms with E-state index in [1.807, 2.05) is 0 Å². The number of halogens is 4. The van der Waals surface area contributed by atoms with Gasteiger partial charge in [-0.15, -0.1) is 0 Å². The fourth-order valence-corrected chi connectivity index (χ4v) is 3.04. The van der Waals surface area contributed by atoms with E-state index < -0.39 is 17.6 Å². The van der Waals surface area contributed by atoms with Crippen molar-refractivity contribution in [3.05, 3.63) is 69.4 Å². The molecule has 2 heterocycles. The Hall–Kier alpha value is -3.07. The Kier molecular flexibility index (Phi) is 5.52. The first-order valence-corrected chi connectivity index (χ1v) is 8.79. The minimum absolute atomic E-state index is 0.0650. The predicted octanol–water partition coefficient (Wildman–Crippen LogP) is 4.83. The van der Waals surface area contributed by atoms with Gasteiger partial charge in [-0.05, 0) is 45.0 Å². The second kappa shape index (κ2) is 7.75. The van der Waals surface area contributed by atoms with E-state index in [0.29, 0.717) is 28.3 Å². The summed E-state index contributed by atoms with van der Waals surface area (Å²) < 4.78 is 45.3. The van der Waals surface area contributed by atoms with Crippen molar-refractivity contribution in [2.75, 3.05) is 0 Å². The Morgan fingerprint density at radius 1 is 1.28 bits per heavy atom. The minimum Gasteiger partial charge on any atom is -0.466 e. The third-order valence-electron chi connectivity index (χ3n) is 4.11. The molecule has 152 valence electrons. The number of hydrazone groups is 1. The van der Waals surface area contributed by atoms with Gasteiger partial charge in [0, 0.05) is 0 Å². The van der Waals surface area contributed by atoms with E-state index in [9.17, 15) is 18.0 Å². The minimum atomic E-state index is -4.48. The topological polar surface area (TPSA) is 72.4 Å². The highest BCUT2D eigenvalue weighted by Crippen LogP contribution is 2.31. The highest BCUT2D eigenvalue weighted by atomic mass is 35.5. The summed E-state index contributed by atoms with van der Waals surface area (Å²) in [6, 6.07) is 6.23. The molecule has 0 saturated heterocycles. The molecule has 0 aliphatic rings. The highest BCUT2D eigenvalue weighted by Gasteiger charge is 2.30. The van der Waals surface area contributed by atoms with E-state index in [2.05, 4.69) is 15.6 Å². The number of benzene rings is 1. The van der Waals surface area contributed by atoms with Crippen LogP contribution in [0.25, 0.3) is 5.69 Å². The summed E-state index contributed by atoms with van der Waals surface area (Å²) in [7, 11) is 0. The van der Waals surface area contributed by atoms with Crippen LogP contribution >= 0.6 is 11.6 Å². The number of carbonyl (C=O) groups excluding carboxylic acids is 1. The van der Waals surface area contributed by atoms with Crippen LogP contribution in [0.2, 0.25) is 5.15 Å². The number of amides is 1. The zero-order chi connectivity index (χ0) is 21.3. The smallest absolute Gasteiger partial charge is 0.416 e. The molecule has 6 nitrogen and oxygen atoms in total. The van der Waals surface area contributed by atoms with Gasteiger partial charge >= 0.3 is 6.18 Å². The normalized spacial score (nSPS) is 12.0. The van der Waals surface area contributed by atoms with Gasteiger partial charge in [-0.2, -0.15) is 23.4 Å². The van der Waals surface area contributed by atoms with Crippen LogP contribution in [-0.2, 0) is 6.18 Å². The molecule has 10 heteroatoms. The Balaban J connectivity index is 1.84. The van der Waals surface area contributed by atoms with E-state index >= 15 is 0 Å². The molecule has 3 aromatic rings. The number of rotatable bonds is 4. The summed E-state index contributed by atoms with van der Waals surface area (Å²) in [5.41, 5.74) is 2.85. The highest BCUT2D eigenvalue weighted by molar-refractivity contribution is 6.32. The molecule has 1 N–H and O–H groups in total. The van der Waals surface area contributed by atoms with Crippen molar-refractivity contribution >= 4 is 23.7 Å². The Labute approximate surface area is 169 Å². The molecule has 0 unspecified atom stereocenters. The zero-order valence-electron chi connectivity index (χ0n) is 15.6. The van der Waals surface area contributed by atoms with Crippen LogP contribution in [0.5, 0.6) is 0 Å². The number of aromatic nitrogens is 2. The first-order chi connectivity index (χ1) is 13.6.